The van der Waals surface area contributed by atoms with E-state index in [1.807, 2.05) is 6.07 Å². The van der Waals surface area contributed by atoms with E-state index < -0.39 is 5.91 Å². The first-order valence-electron chi connectivity index (χ1n) is 8.53. The smallest absolute Gasteiger partial charge is 0.257 e. The highest BCUT2D eigenvalue weighted by atomic mass is 35.5. The van der Waals surface area contributed by atoms with Crippen molar-refractivity contribution in [2.75, 3.05) is 10.6 Å². The maximum absolute atomic E-state index is 12.9. The molecule has 0 aliphatic rings. The molecular weight excluding hydrogens is 376 g/mol. The van der Waals surface area contributed by atoms with Gasteiger partial charge in [-0.2, -0.15) is 0 Å². The summed E-state index contributed by atoms with van der Waals surface area (Å²) in [4.78, 5) is 37.1. The van der Waals surface area contributed by atoms with Gasteiger partial charge in [-0.05, 0) is 30.3 Å². The molecule has 28 heavy (non-hydrogen) atoms. The third-order valence-electron chi connectivity index (χ3n) is 3.99. The minimum Gasteiger partial charge on any atom is -0.326 e. The Labute approximate surface area is 167 Å². The SMILES string of the molecule is CC(=O)Nc1ccccc1C(=O)Nc1ccc(Cl)cc1C(=O)c1ccccc1. The van der Waals surface area contributed by atoms with Crippen molar-refractivity contribution < 1.29 is 14.4 Å². The number of carbonyl (C=O) groups excluding carboxylic acids is 3. The van der Waals surface area contributed by atoms with E-state index >= 15 is 0 Å². The fourth-order valence-electron chi connectivity index (χ4n) is 2.73. The zero-order chi connectivity index (χ0) is 20.1. The van der Waals surface area contributed by atoms with Crippen LogP contribution in [-0.4, -0.2) is 17.6 Å². The Hall–Kier alpha value is -3.44. The first kappa shape index (κ1) is 19.3. The predicted molar refractivity (Wildman–Crippen MR) is 110 cm³/mol. The van der Waals surface area contributed by atoms with Gasteiger partial charge in [0.1, 0.15) is 0 Å². The highest BCUT2D eigenvalue weighted by Crippen LogP contribution is 2.25. The molecule has 0 saturated heterocycles. The molecule has 140 valence electrons. The third kappa shape index (κ3) is 4.45. The topological polar surface area (TPSA) is 75.3 Å². The standard InChI is InChI=1S/C22H17ClN2O3/c1-14(26)24-19-10-6-5-9-17(19)22(28)25-20-12-11-16(23)13-18(20)21(27)15-7-3-2-4-8-15/h2-13H,1H3,(H,24,26)(H,25,28). The maximum atomic E-state index is 12.9. The van der Waals surface area contributed by atoms with Gasteiger partial charge < -0.3 is 10.6 Å². The van der Waals surface area contributed by atoms with Crippen molar-refractivity contribution in [1.82, 2.24) is 0 Å². The van der Waals surface area contributed by atoms with Gasteiger partial charge >= 0.3 is 0 Å². The molecular formula is C22H17ClN2O3. The number of rotatable bonds is 5. The van der Waals surface area contributed by atoms with Crippen molar-refractivity contribution >= 4 is 40.6 Å². The first-order valence-corrected chi connectivity index (χ1v) is 8.91. The predicted octanol–water partition coefficient (Wildman–Crippen LogP) is 4.78. The van der Waals surface area contributed by atoms with Gasteiger partial charge in [0.15, 0.2) is 5.78 Å². The summed E-state index contributed by atoms with van der Waals surface area (Å²) in [6.45, 7) is 1.37. The monoisotopic (exact) mass is 392 g/mol. The Morgan fingerprint density at radius 1 is 0.750 bits per heavy atom. The summed E-state index contributed by atoms with van der Waals surface area (Å²) in [5.74, 6) is -0.992. The van der Waals surface area contributed by atoms with Gasteiger partial charge in [-0.3, -0.25) is 14.4 Å². The number of para-hydroxylation sites is 1. The number of nitrogens with one attached hydrogen (secondary N) is 2. The number of hydrogen-bond donors (Lipinski definition) is 2. The van der Waals surface area contributed by atoms with Crippen LogP contribution in [0.5, 0.6) is 0 Å². The second-order valence-electron chi connectivity index (χ2n) is 6.07. The van der Waals surface area contributed by atoms with E-state index in [0.29, 0.717) is 22.0 Å². The molecule has 0 saturated carbocycles. The molecule has 0 aromatic heterocycles. The summed E-state index contributed by atoms with van der Waals surface area (Å²) >= 11 is 6.07. The summed E-state index contributed by atoms with van der Waals surface area (Å²) in [7, 11) is 0. The summed E-state index contributed by atoms with van der Waals surface area (Å²) < 4.78 is 0. The number of carbonyl (C=O) groups is 3. The van der Waals surface area contributed by atoms with Crippen LogP contribution in [0.25, 0.3) is 0 Å². The van der Waals surface area contributed by atoms with Crippen molar-refractivity contribution in [3.63, 3.8) is 0 Å². The number of halogens is 1. The number of ketones is 1. The van der Waals surface area contributed by atoms with E-state index in [9.17, 15) is 14.4 Å². The van der Waals surface area contributed by atoms with E-state index in [2.05, 4.69) is 10.6 Å². The van der Waals surface area contributed by atoms with Crippen molar-refractivity contribution in [1.29, 1.82) is 0 Å². The largest absolute Gasteiger partial charge is 0.326 e. The molecule has 0 fully saturated rings. The van der Waals surface area contributed by atoms with E-state index in [-0.39, 0.29) is 22.8 Å². The van der Waals surface area contributed by atoms with Gasteiger partial charge in [0, 0.05) is 23.1 Å². The minimum atomic E-state index is -0.450. The molecule has 2 amide bonds. The van der Waals surface area contributed by atoms with E-state index in [1.54, 1.807) is 60.7 Å². The van der Waals surface area contributed by atoms with Crippen molar-refractivity contribution in [2.24, 2.45) is 0 Å². The first-order chi connectivity index (χ1) is 13.5. The quantitative estimate of drug-likeness (QED) is 0.613. The molecule has 5 nitrogen and oxygen atoms in total. The molecule has 0 atom stereocenters. The van der Waals surface area contributed by atoms with E-state index in [0.717, 1.165) is 0 Å². The van der Waals surface area contributed by atoms with Gasteiger partial charge in [-0.1, -0.05) is 54.1 Å². The molecule has 2 N–H and O–H groups in total. The molecule has 3 rings (SSSR count). The van der Waals surface area contributed by atoms with Crippen LogP contribution in [0, 0.1) is 0 Å². The molecule has 6 heteroatoms. The molecule has 0 unspecified atom stereocenters. The second kappa shape index (κ2) is 8.50. The van der Waals surface area contributed by atoms with Gasteiger partial charge in [0.2, 0.25) is 5.91 Å². The zero-order valence-corrected chi connectivity index (χ0v) is 15.8. The number of hydrogen-bond acceptors (Lipinski definition) is 3. The van der Waals surface area contributed by atoms with Gasteiger partial charge in [-0.25, -0.2) is 0 Å². The van der Waals surface area contributed by atoms with Crippen LogP contribution in [0.1, 0.15) is 33.2 Å². The molecule has 0 radical (unpaired) electrons. The average molecular weight is 393 g/mol. The lowest BCUT2D eigenvalue weighted by Crippen LogP contribution is -2.18. The maximum Gasteiger partial charge on any atom is 0.257 e. The summed E-state index contributed by atoms with van der Waals surface area (Å²) in [6.07, 6.45) is 0. The highest BCUT2D eigenvalue weighted by molar-refractivity contribution is 6.31. The summed E-state index contributed by atoms with van der Waals surface area (Å²) in [5.41, 5.74) is 1.77. The van der Waals surface area contributed by atoms with Gasteiger partial charge in [0.25, 0.3) is 5.91 Å². The Balaban J connectivity index is 1.95. The normalized spacial score (nSPS) is 10.2. The lowest BCUT2D eigenvalue weighted by molar-refractivity contribution is -0.114. The van der Waals surface area contributed by atoms with Crippen LogP contribution < -0.4 is 10.6 Å². The molecule has 3 aromatic carbocycles. The van der Waals surface area contributed by atoms with Crippen LogP contribution in [-0.2, 0) is 4.79 Å². The minimum absolute atomic E-state index is 0.256. The van der Waals surface area contributed by atoms with Crippen LogP contribution in [0.3, 0.4) is 0 Å². The molecule has 0 heterocycles. The Morgan fingerprint density at radius 2 is 1.39 bits per heavy atom. The molecule has 0 bridgehead atoms. The fourth-order valence-corrected chi connectivity index (χ4v) is 2.90. The lowest BCUT2D eigenvalue weighted by Gasteiger charge is -2.13. The number of benzene rings is 3. The molecule has 0 spiro atoms. The molecule has 0 aliphatic heterocycles. The molecule has 3 aromatic rings. The van der Waals surface area contributed by atoms with Crippen LogP contribution in [0.15, 0.2) is 72.8 Å². The van der Waals surface area contributed by atoms with Gasteiger partial charge in [0.05, 0.1) is 16.9 Å². The fraction of sp³-hybridized carbons (Fsp3) is 0.0455. The molecule has 0 aliphatic carbocycles. The Morgan fingerprint density at radius 3 is 2.11 bits per heavy atom. The van der Waals surface area contributed by atoms with Gasteiger partial charge in [-0.15, -0.1) is 0 Å². The Kier molecular flexibility index (Phi) is 5.87. The lowest BCUT2D eigenvalue weighted by atomic mass is 10.0. The number of amides is 2. The van der Waals surface area contributed by atoms with Crippen LogP contribution >= 0.6 is 11.6 Å². The zero-order valence-electron chi connectivity index (χ0n) is 15.0. The Bertz CT molecular complexity index is 1050. The summed E-state index contributed by atoms with van der Waals surface area (Å²) in [6, 6.07) is 20.1. The van der Waals surface area contributed by atoms with E-state index in [1.165, 1.54) is 13.0 Å². The van der Waals surface area contributed by atoms with Crippen molar-refractivity contribution in [3.8, 4) is 0 Å². The third-order valence-corrected chi connectivity index (χ3v) is 4.23. The second-order valence-corrected chi connectivity index (χ2v) is 6.50. The average Bonchev–Trinajstić information content (AvgIpc) is 2.69. The highest BCUT2D eigenvalue weighted by Gasteiger charge is 2.18. The van der Waals surface area contributed by atoms with Crippen LogP contribution in [0.2, 0.25) is 5.02 Å². The van der Waals surface area contributed by atoms with E-state index in [4.69, 9.17) is 11.6 Å². The number of anilines is 2. The summed E-state index contributed by atoms with van der Waals surface area (Å²) in [5, 5.41) is 5.76. The van der Waals surface area contributed by atoms with Crippen LogP contribution in [0.4, 0.5) is 11.4 Å². The van der Waals surface area contributed by atoms with Crippen molar-refractivity contribution in [3.05, 3.63) is 94.5 Å². The van der Waals surface area contributed by atoms with Crippen molar-refractivity contribution in [2.45, 2.75) is 6.92 Å².